The van der Waals surface area contributed by atoms with E-state index in [2.05, 4.69) is 5.32 Å². The van der Waals surface area contributed by atoms with E-state index in [0.29, 0.717) is 17.0 Å². The van der Waals surface area contributed by atoms with Gasteiger partial charge in [-0.05, 0) is 31.2 Å². The molecule has 2 aromatic rings. The average molecular weight is 256 g/mol. The number of aryl methyl sites for hydroxylation is 1. The van der Waals surface area contributed by atoms with Gasteiger partial charge >= 0.3 is 0 Å². The summed E-state index contributed by atoms with van der Waals surface area (Å²) in [5.41, 5.74) is 8.56. The molecule has 0 saturated heterocycles. The molecular weight excluding hydrogens is 240 g/mol. The molecule has 2 rings (SSSR count). The first-order valence-corrected chi connectivity index (χ1v) is 5.91. The zero-order valence-corrected chi connectivity index (χ0v) is 10.9. The SMILES string of the molecule is COc1cc(N)ccc1C(=O)Nc1ccc(C)cc1. The van der Waals surface area contributed by atoms with Crippen molar-refractivity contribution < 1.29 is 9.53 Å². The lowest BCUT2D eigenvalue weighted by molar-refractivity contribution is 0.102. The van der Waals surface area contributed by atoms with Gasteiger partial charge < -0.3 is 15.8 Å². The van der Waals surface area contributed by atoms with Gasteiger partial charge in [-0.2, -0.15) is 0 Å². The highest BCUT2D eigenvalue weighted by Gasteiger charge is 2.12. The summed E-state index contributed by atoms with van der Waals surface area (Å²) in [6.45, 7) is 1.99. The van der Waals surface area contributed by atoms with E-state index in [4.69, 9.17) is 10.5 Å². The Morgan fingerprint density at radius 2 is 1.84 bits per heavy atom. The van der Waals surface area contributed by atoms with Gasteiger partial charge in [-0.1, -0.05) is 17.7 Å². The summed E-state index contributed by atoms with van der Waals surface area (Å²) < 4.78 is 5.16. The van der Waals surface area contributed by atoms with E-state index in [1.54, 1.807) is 18.2 Å². The van der Waals surface area contributed by atoms with Crippen molar-refractivity contribution in [3.8, 4) is 5.75 Å². The van der Waals surface area contributed by atoms with Crippen molar-refractivity contribution in [3.05, 3.63) is 53.6 Å². The highest BCUT2D eigenvalue weighted by Crippen LogP contribution is 2.22. The zero-order valence-electron chi connectivity index (χ0n) is 10.9. The minimum absolute atomic E-state index is 0.222. The molecule has 0 aliphatic carbocycles. The summed E-state index contributed by atoms with van der Waals surface area (Å²) >= 11 is 0. The Hall–Kier alpha value is -2.49. The topological polar surface area (TPSA) is 64.3 Å². The molecule has 0 saturated carbocycles. The number of carbonyl (C=O) groups excluding carboxylic acids is 1. The molecule has 0 aliphatic heterocycles. The molecule has 0 heterocycles. The van der Waals surface area contributed by atoms with Crippen LogP contribution in [0.25, 0.3) is 0 Å². The van der Waals surface area contributed by atoms with Gasteiger partial charge in [-0.15, -0.1) is 0 Å². The molecule has 0 atom stereocenters. The smallest absolute Gasteiger partial charge is 0.259 e. The Kier molecular flexibility index (Phi) is 3.71. The van der Waals surface area contributed by atoms with E-state index in [9.17, 15) is 4.79 Å². The number of ether oxygens (including phenoxy) is 1. The molecule has 0 aromatic heterocycles. The Labute approximate surface area is 112 Å². The van der Waals surface area contributed by atoms with Crippen molar-refractivity contribution in [1.82, 2.24) is 0 Å². The number of rotatable bonds is 3. The summed E-state index contributed by atoms with van der Waals surface area (Å²) in [6, 6.07) is 12.5. The number of anilines is 2. The van der Waals surface area contributed by atoms with Gasteiger partial charge in [0.15, 0.2) is 0 Å². The van der Waals surface area contributed by atoms with Crippen LogP contribution in [0.4, 0.5) is 11.4 Å². The third-order valence-corrected chi connectivity index (χ3v) is 2.78. The van der Waals surface area contributed by atoms with Crippen LogP contribution >= 0.6 is 0 Å². The van der Waals surface area contributed by atoms with Crippen molar-refractivity contribution in [1.29, 1.82) is 0 Å². The van der Waals surface area contributed by atoms with Crippen LogP contribution in [0.3, 0.4) is 0 Å². The van der Waals surface area contributed by atoms with Crippen LogP contribution in [0.5, 0.6) is 5.75 Å². The Morgan fingerprint density at radius 1 is 1.16 bits per heavy atom. The number of hydrogen-bond donors (Lipinski definition) is 2. The van der Waals surface area contributed by atoms with Gasteiger partial charge in [0.25, 0.3) is 5.91 Å². The van der Waals surface area contributed by atoms with Crippen LogP contribution in [0.2, 0.25) is 0 Å². The number of nitrogens with two attached hydrogens (primary N) is 1. The van der Waals surface area contributed by atoms with Crippen molar-refractivity contribution in [2.45, 2.75) is 6.92 Å². The fourth-order valence-corrected chi connectivity index (χ4v) is 1.73. The maximum Gasteiger partial charge on any atom is 0.259 e. The number of hydrogen-bond acceptors (Lipinski definition) is 3. The van der Waals surface area contributed by atoms with Crippen LogP contribution in [-0.4, -0.2) is 13.0 Å². The third kappa shape index (κ3) is 3.04. The number of carbonyl (C=O) groups is 1. The second-order valence-electron chi connectivity index (χ2n) is 4.28. The van der Waals surface area contributed by atoms with Crippen molar-refractivity contribution in [2.24, 2.45) is 0 Å². The van der Waals surface area contributed by atoms with Crippen LogP contribution in [0, 0.1) is 6.92 Å². The quantitative estimate of drug-likeness (QED) is 0.830. The largest absolute Gasteiger partial charge is 0.496 e. The van der Waals surface area contributed by atoms with Crippen molar-refractivity contribution >= 4 is 17.3 Å². The molecule has 4 nitrogen and oxygen atoms in total. The summed E-state index contributed by atoms with van der Waals surface area (Å²) in [6.07, 6.45) is 0. The van der Waals surface area contributed by atoms with E-state index in [1.807, 2.05) is 31.2 Å². The lowest BCUT2D eigenvalue weighted by Crippen LogP contribution is -2.13. The highest BCUT2D eigenvalue weighted by molar-refractivity contribution is 6.06. The first-order chi connectivity index (χ1) is 9.10. The molecule has 0 radical (unpaired) electrons. The zero-order chi connectivity index (χ0) is 13.8. The van der Waals surface area contributed by atoms with Gasteiger partial charge in [0.05, 0.1) is 12.7 Å². The molecule has 4 heteroatoms. The third-order valence-electron chi connectivity index (χ3n) is 2.78. The molecule has 0 unspecified atom stereocenters. The van der Waals surface area contributed by atoms with E-state index in [0.717, 1.165) is 11.3 Å². The second kappa shape index (κ2) is 5.44. The van der Waals surface area contributed by atoms with Crippen molar-refractivity contribution in [2.75, 3.05) is 18.2 Å². The van der Waals surface area contributed by atoms with Gasteiger partial charge in [0.1, 0.15) is 5.75 Å². The summed E-state index contributed by atoms with van der Waals surface area (Å²) in [5.74, 6) is 0.241. The first-order valence-electron chi connectivity index (χ1n) is 5.91. The standard InChI is InChI=1S/C15H16N2O2/c1-10-3-6-12(7-4-10)17-15(18)13-8-5-11(16)9-14(13)19-2/h3-9H,16H2,1-2H3,(H,17,18). The fraction of sp³-hybridized carbons (Fsp3) is 0.133. The van der Waals surface area contributed by atoms with Gasteiger partial charge in [0, 0.05) is 17.4 Å². The van der Waals surface area contributed by atoms with Crippen LogP contribution in [0.1, 0.15) is 15.9 Å². The molecule has 0 bridgehead atoms. The highest BCUT2D eigenvalue weighted by atomic mass is 16.5. The second-order valence-corrected chi connectivity index (χ2v) is 4.28. The minimum atomic E-state index is -0.222. The van der Waals surface area contributed by atoms with E-state index in [1.165, 1.54) is 7.11 Å². The molecule has 0 fully saturated rings. The molecule has 0 spiro atoms. The average Bonchev–Trinajstić information content (AvgIpc) is 2.41. The predicted octanol–water partition coefficient (Wildman–Crippen LogP) is 2.84. The summed E-state index contributed by atoms with van der Waals surface area (Å²) in [5, 5.41) is 2.82. The van der Waals surface area contributed by atoms with Gasteiger partial charge in [-0.3, -0.25) is 4.79 Å². The Balaban J connectivity index is 2.22. The Morgan fingerprint density at radius 3 is 2.47 bits per heavy atom. The number of benzene rings is 2. The molecule has 19 heavy (non-hydrogen) atoms. The maximum atomic E-state index is 12.2. The monoisotopic (exact) mass is 256 g/mol. The molecule has 3 N–H and O–H groups in total. The molecule has 2 aromatic carbocycles. The maximum absolute atomic E-state index is 12.2. The molecule has 98 valence electrons. The lowest BCUT2D eigenvalue weighted by Gasteiger charge is -2.10. The van der Waals surface area contributed by atoms with Crippen LogP contribution in [-0.2, 0) is 0 Å². The van der Waals surface area contributed by atoms with E-state index < -0.39 is 0 Å². The minimum Gasteiger partial charge on any atom is -0.496 e. The van der Waals surface area contributed by atoms with Crippen LogP contribution < -0.4 is 15.8 Å². The van der Waals surface area contributed by atoms with Crippen molar-refractivity contribution in [3.63, 3.8) is 0 Å². The normalized spacial score (nSPS) is 10.0. The van der Waals surface area contributed by atoms with Crippen LogP contribution in [0.15, 0.2) is 42.5 Å². The molecule has 1 amide bonds. The fourth-order valence-electron chi connectivity index (χ4n) is 1.73. The molecule has 0 aliphatic rings. The lowest BCUT2D eigenvalue weighted by atomic mass is 10.1. The summed E-state index contributed by atoms with van der Waals surface area (Å²) in [4.78, 5) is 12.2. The van der Waals surface area contributed by atoms with E-state index in [-0.39, 0.29) is 5.91 Å². The number of nitrogens with one attached hydrogen (secondary N) is 1. The number of amides is 1. The number of nitrogen functional groups attached to an aromatic ring is 1. The van der Waals surface area contributed by atoms with E-state index >= 15 is 0 Å². The van der Waals surface area contributed by atoms with Gasteiger partial charge in [-0.25, -0.2) is 0 Å². The molecular formula is C15H16N2O2. The summed E-state index contributed by atoms with van der Waals surface area (Å²) in [7, 11) is 1.51. The number of methoxy groups -OCH3 is 1. The first kappa shape index (κ1) is 13.0. The predicted molar refractivity (Wildman–Crippen MR) is 76.5 cm³/mol. The Bertz CT molecular complexity index is 592. The van der Waals surface area contributed by atoms with Gasteiger partial charge in [0.2, 0.25) is 0 Å².